The number of hydrogen-bond donors (Lipinski definition) is 0. The fourth-order valence-electron chi connectivity index (χ4n) is 3.03. The highest BCUT2D eigenvalue weighted by Crippen LogP contribution is 2.21. The third kappa shape index (κ3) is 3.69. The van der Waals surface area contributed by atoms with E-state index >= 15 is 0 Å². The average Bonchev–Trinajstić information content (AvgIpc) is 2.86. The summed E-state index contributed by atoms with van der Waals surface area (Å²) < 4.78 is 5.71. The molecular weight excluding hydrogens is 290 g/mol. The Morgan fingerprint density at radius 3 is 2.74 bits per heavy atom. The van der Waals surface area contributed by atoms with Crippen molar-refractivity contribution in [3.8, 4) is 0 Å². The zero-order valence-electron chi connectivity index (χ0n) is 14.4. The highest BCUT2D eigenvalue weighted by Gasteiger charge is 2.25. The molecule has 0 spiro atoms. The molecule has 1 aliphatic rings. The molecule has 1 saturated heterocycles. The monoisotopic (exact) mass is 315 g/mol. The van der Waals surface area contributed by atoms with Crippen molar-refractivity contribution in [2.45, 2.75) is 46.2 Å². The van der Waals surface area contributed by atoms with Crippen LogP contribution in [0.4, 0.5) is 5.82 Å². The highest BCUT2D eigenvalue weighted by molar-refractivity contribution is 5.38. The van der Waals surface area contributed by atoms with Gasteiger partial charge in [0.25, 0.3) is 0 Å². The Morgan fingerprint density at radius 1 is 1.26 bits per heavy atom. The van der Waals surface area contributed by atoms with Crippen LogP contribution in [0.5, 0.6) is 0 Å². The van der Waals surface area contributed by atoms with E-state index in [1.54, 1.807) is 0 Å². The summed E-state index contributed by atoms with van der Waals surface area (Å²) in [5, 5.41) is 8.50. The van der Waals surface area contributed by atoms with Crippen LogP contribution < -0.4 is 4.90 Å². The zero-order chi connectivity index (χ0) is 16.4. The van der Waals surface area contributed by atoms with Crippen LogP contribution in [0.15, 0.2) is 16.5 Å². The van der Waals surface area contributed by atoms with E-state index in [-0.39, 0.29) is 0 Å². The van der Waals surface area contributed by atoms with Crippen LogP contribution in [-0.4, -0.2) is 46.3 Å². The second-order valence-electron chi connectivity index (χ2n) is 6.44. The van der Waals surface area contributed by atoms with Gasteiger partial charge in [0.15, 0.2) is 5.82 Å². The minimum Gasteiger partial charge on any atom is -0.444 e. The Labute approximate surface area is 137 Å². The molecule has 2 aromatic heterocycles. The molecule has 6 nitrogen and oxygen atoms in total. The summed E-state index contributed by atoms with van der Waals surface area (Å²) in [4.78, 5) is 9.14. The largest absolute Gasteiger partial charge is 0.444 e. The standard InChI is InChI=1S/C17H25N5O/c1-12-7-8-16(20-19-12)22-9-5-6-15(10-22)21(4)11-17-18-13(2)14(3)23-17/h7-8,15H,5-6,9-11H2,1-4H3/t15-/m1/s1. The van der Waals surface area contributed by atoms with E-state index in [1.165, 1.54) is 6.42 Å². The number of rotatable bonds is 4. The van der Waals surface area contributed by atoms with Crippen molar-refractivity contribution < 1.29 is 4.42 Å². The Bertz CT molecular complexity index is 632. The molecular formula is C17H25N5O. The fourth-order valence-corrected chi connectivity index (χ4v) is 3.03. The first-order valence-corrected chi connectivity index (χ1v) is 8.21. The van der Waals surface area contributed by atoms with Gasteiger partial charge in [-0.15, -0.1) is 5.10 Å². The normalized spacial score (nSPS) is 18.7. The van der Waals surface area contributed by atoms with E-state index in [4.69, 9.17) is 4.42 Å². The Kier molecular flexibility index (Phi) is 4.61. The maximum absolute atomic E-state index is 5.71. The lowest BCUT2D eigenvalue weighted by atomic mass is 10.0. The van der Waals surface area contributed by atoms with Crippen LogP contribution in [-0.2, 0) is 6.54 Å². The molecule has 23 heavy (non-hydrogen) atoms. The van der Waals surface area contributed by atoms with Crippen LogP contribution in [0, 0.1) is 20.8 Å². The first-order valence-electron chi connectivity index (χ1n) is 8.21. The maximum atomic E-state index is 5.71. The van der Waals surface area contributed by atoms with Gasteiger partial charge in [0.05, 0.1) is 17.9 Å². The number of anilines is 1. The molecule has 0 amide bonds. The first kappa shape index (κ1) is 15.9. The molecule has 124 valence electrons. The summed E-state index contributed by atoms with van der Waals surface area (Å²) in [6.07, 6.45) is 2.35. The SMILES string of the molecule is Cc1ccc(N2CCC[C@@H](N(C)Cc3nc(C)c(C)o3)C2)nn1. The number of nitrogens with zero attached hydrogens (tertiary/aromatic N) is 5. The minimum absolute atomic E-state index is 0.472. The molecule has 3 rings (SSSR count). The summed E-state index contributed by atoms with van der Waals surface area (Å²) >= 11 is 0. The zero-order valence-corrected chi connectivity index (χ0v) is 14.4. The van der Waals surface area contributed by atoms with Gasteiger partial charge in [0.1, 0.15) is 5.76 Å². The molecule has 1 aliphatic heterocycles. The van der Waals surface area contributed by atoms with E-state index in [0.717, 1.165) is 54.9 Å². The van der Waals surface area contributed by atoms with Crippen molar-refractivity contribution in [3.63, 3.8) is 0 Å². The molecule has 0 radical (unpaired) electrons. The van der Waals surface area contributed by atoms with Crippen molar-refractivity contribution in [2.24, 2.45) is 0 Å². The third-order valence-corrected chi connectivity index (χ3v) is 4.59. The molecule has 0 aromatic carbocycles. The number of hydrogen-bond acceptors (Lipinski definition) is 6. The van der Waals surface area contributed by atoms with Crippen LogP contribution in [0.25, 0.3) is 0 Å². The van der Waals surface area contributed by atoms with Gasteiger partial charge >= 0.3 is 0 Å². The summed E-state index contributed by atoms with van der Waals surface area (Å²) in [5.74, 6) is 2.68. The lowest BCUT2D eigenvalue weighted by Crippen LogP contribution is -2.46. The average molecular weight is 315 g/mol. The van der Waals surface area contributed by atoms with Crippen LogP contribution in [0.3, 0.4) is 0 Å². The highest BCUT2D eigenvalue weighted by atomic mass is 16.4. The van der Waals surface area contributed by atoms with Gasteiger partial charge in [0, 0.05) is 19.1 Å². The molecule has 6 heteroatoms. The number of likely N-dealkylation sites (N-methyl/N-ethyl adjacent to an activating group) is 1. The molecule has 2 aromatic rings. The smallest absolute Gasteiger partial charge is 0.208 e. The van der Waals surface area contributed by atoms with Gasteiger partial charge < -0.3 is 9.32 Å². The molecule has 0 unspecified atom stereocenters. The maximum Gasteiger partial charge on any atom is 0.208 e. The quantitative estimate of drug-likeness (QED) is 0.864. The summed E-state index contributed by atoms with van der Waals surface area (Å²) in [5.41, 5.74) is 1.93. The molecule has 1 atom stereocenters. The third-order valence-electron chi connectivity index (χ3n) is 4.59. The van der Waals surface area contributed by atoms with Crippen LogP contribution in [0.1, 0.15) is 35.9 Å². The predicted octanol–water partition coefficient (Wildman–Crippen LogP) is 2.49. The number of aromatic nitrogens is 3. The molecule has 0 saturated carbocycles. The van der Waals surface area contributed by atoms with Gasteiger partial charge in [-0.05, 0) is 52.8 Å². The molecule has 0 aliphatic carbocycles. The van der Waals surface area contributed by atoms with Crippen molar-refractivity contribution in [1.82, 2.24) is 20.1 Å². The second-order valence-corrected chi connectivity index (χ2v) is 6.44. The summed E-state index contributed by atoms with van der Waals surface area (Å²) in [7, 11) is 2.14. The van der Waals surface area contributed by atoms with E-state index in [2.05, 4.69) is 38.1 Å². The van der Waals surface area contributed by atoms with Gasteiger partial charge in [0.2, 0.25) is 5.89 Å². The molecule has 0 N–H and O–H groups in total. The van der Waals surface area contributed by atoms with Gasteiger partial charge in [-0.2, -0.15) is 5.10 Å². The molecule has 0 bridgehead atoms. The van der Waals surface area contributed by atoms with Crippen molar-refractivity contribution in [2.75, 3.05) is 25.0 Å². The lowest BCUT2D eigenvalue weighted by Gasteiger charge is -2.37. The predicted molar refractivity (Wildman–Crippen MR) is 89.4 cm³/mol. The molecule has 3 heterocycles. The second kappa shape index (κ2) is 6.66. The first-order chi connectivity index (χ1) is 11.0. The van der Waals surface area contributed by atoms with E-state index in [1.807, 2.05) is 26.8 Å². The van der Waals surface area contributed by atoms with E-state index in [0.29, 0.717) is 6.04 Å². The minimum atomic E-state index is 0.472. The van der Waals surface area contributed by atoms with Crippen LogP contribution in [0.2, 0.25) is 0 Å². The van der Waals surface area contributed by atoms with Crippen molar-refractivity contribution in [3.05, 3.63) is 35.2 Å². The van der Waals surface area contributed by atoms with Gasteiger partial charge in [-0.1, -0.05) is 0 Å². The van der Waals surface area contributed by atoms with Crippen molar-refractivity contribution >= 4 is 5.82 Å². The Hall–Kier alpha value is -1.95. The van der Waals surface area contributed by atoms with Crippen LogP contribution >= 0.6 is 0 Å². The Balaban J connectivity index is 1.64. The Morgan fingerprint density at radius 2 is 2.09 bits per heavy atom. The van der Waals surface area contributed by atoms with Crippen molar-refractivity contribution in [1.29, 1.82) is 0 Å². The number of oxazole rings is 1. The van der Waals surface area contributed by atoms with E-state index in [9.17, 15) is 0 Å². The number of aryl methyl sites for hydroxylation is 3. The number of piperidine rings is 1. The van der Waals surface area contributed by atoms with Gasteiger partial charge in [-0.25, -0.2) is 4.98 Å². The summed E-state index contributed by atoms with van der Waals surface area (Å²) in [6.45, 7) is 8.66. The van der Waals surface area contributed by atoms with E-state index < -0.39 is 0 Å². The molecule has 1 fully saturated rings. The fraction of sp³-hybridized carbons (Fsp3) is 0.588. The topological polar surface area (TPSA) is 58.3 Å². The lowest BCUT2D eigenvalue weighted by molar-refractivity contribution is 0.189. The van der Waals surface area contributed by atoms with Gasteiger partial charge in [-0.3, -0.25) is 4.90 Å². The summed E-state index contributed by atoms with van der Waals surface area (Å²) in [6, 6.07) is 4.55.